The minimum absolute atomic E-state index is 0.0388. The lowest BCUT2D eigenvalue weighted by molar-refractivity contribution is 0.257. The van der Waals surface area contributed by atoms with Gasteiger partial charge in [0.2, 0.25) is 0 Å². The molecule has 0 N–H and O–H groups in total. The van der Waals surface area contributed by atoms with E-state index in [0.717, 1.165) is 0 Å². The maximum absolute atomic E-state index is 12.9. The summed E-state index contributed by atoms with van der Waals surface area (Å²) >= 11 is 6.06. The molecule has 4 rings (SSSR count). The molecule has 6 heteroatoms. The number of hydrogen-bond acceptors (Lipinski definition) is 4. The molecule has 0 fully saturated rings. The second-order valence-electron chi connectivity index (χ2n) is 5.29. The van der Waals surface area contributed by atoms with Crippen LogP contribution in [0.5, 0.6) is 5.75 Å². The van der Waals surface area contributed by atoms with Crippen LogP contribution in [0.4, 0.5) is 0 Å². The van der Waals surface area contributed by atoms with Crippen molar-refractivity contribution in [3.63, 3.8) is 0 Å². The first-order valence-corrected chi connectivity index (χ1v) is 7.34. The van der Waals surface area contributed by atoms with Gasteiger partial charge >= 0.3 is 0 Å². The summed E-state index contributed by atoms with van der Waals surface area (Å²) in [5.41, 5.74) is 2.25. The molecule has 3 heterocycles. The van der Waals surface area contributed by atoms with E-state index in [1.807, 2.05) is 13.0 Å². The molecule has 0 aliphatic carbocycles. The predicted molar refractivity (Wildman–Crippen MR) is 83.9 cm³/mol. The van der Waals surface area contributed by atoms with E-state index in [4.69, 9.17) is 16.3 Å². The Kier molecular flexibility index (Phi) is 2.90. The number of hydrogen-bond donors (Lipinski definition) is 0. The third-order valence-electron chi connectivity index (χ3n) is 3.72. The molecule has 0 bridgehead atoms. The lowest BCUT2D eigenvalue weighted by Crippen LogP contribution is -2.23. The van der Waals surface area contributed by atoms with Crippen molar-refractivity contribution in [1.82, 2.24) is 14.5 Å². The summed E-state index contributed by atoms with van der Waals surface area (Å²) < 4.78 is 7.32. The molecule has 1 unspecified atom stereocenters. The molecule has 2 aromatic heterocycles. The molecular formula is C16H12ClN3O2. The van der Waals surface area contributed by atoms with Gasteiger partial charge in [-0.3, -0.25) is 9.36 Å². The van der Waals surface area contributed by atoms with Crippen LogP contribution in [0.2, 0.25) is 5.02 Å². The Bertz CT molecular complexity index is 952. The van der Waals surface area contributed by atoms with Crippen LogP contribution in [0.3, 0.4) is 0 Å². The standard InChI is InChI=1S/C16H12ClN3O2/c1-9-7-12-14(22-9)13-15(19-6-5-18-13)20(16(12)21)11-4-2-3-10(17)8-11/h2-6,8-9H,7H2,1H3. The highest BCUT2D eigenvalue weighted by molar-refractivity contribution is 6.30. The largest absolute Gasteiger partial charge is 0.487 e. The molecule has 0 saturated carbocycles. The van der Waals surface area contributed by atoms with Gasteiger partial charge in [0.25, 0.3) is 5.56 Å². The zero-order chi connectivity index (χ0) is 15.3. The van der Waals surface area contributed by atoms with Crippen molar-refractivity contribution < 1.29 is 4.74 Å². The molecule has 0 amide bonds. The molecule has 0 radical (unpaired) electrons. The molecule has 22 heavy (non-hydrogen) atoms. The van der Waals surface area contributed by atoms with E-state index in [0.29, 0.717) is 39.6 Å². The molecular weight excluding hydrogens is 302 g/mol. The molecule has 110 valence electrons. The van der Waals surface area contributed by atoms with Crippen molar-refractivity contribution in [2.45, 2.75) is 19.4 Å². The first kappa shape index (κ1) is 13.3. The highest BCUT2D eigenvalue weighted by Crippen LogP contribution is 2.32. The van der Waals surface area contributed by atoms with Crippen LogP contribution in [0, 0.1) is 0 Å². The van der Waals surface area contributed by atoms with Gasteiger partial charge in [0.1, 0.15) is 11.6 Å². The summed E-state index contributed by atoms with van der Waals surface area (Å²) in [6.07, 6.45) is 3.69. The zero-order valence-electron chi connectivity index (χ0n) is 11.8. The fraction of sp³-hybridized carbons (Fsp3) is 0.188. The first-order valence-electron chi connectivity index (χ1n) is 6.96. The Hall–Kier alpha value is -2.40. The van der Waals surface area contributed by atoms with Gasteiger partial charge in [-0.25, -0.2) is 9.97 Å². The highest BCUT2D eigenvalue weighted by atomic mass is 35.5. The lowest BCUT2D eigenvalue weighted by atomic mass is 10.1. The van der Waals surface area contributed by atoms with E-state index in [2.05, 4.69) is 9.97 Å². The second-order valence-corrected chi connectivity index (χ2v) is 5.73. The van der Waals surface area contributed by atoms with Crippen LogP contribution in [-0.4, -0.2) is 20.6 Å². The normalized spacial score (nSPS) is 16.5. The van der Waals surface area contributed by atoms with Crippen LogP contribution < -0.4 is 10.3 Å². The summed E-state index contributed by atoms with van der Waals surface area (Å²) in [6.45, 7) is 1.94. The summed E-state index contributed by atoms with van der Waals surface area (Å²) in [7, 11) is 0. The highest BCUT2D eigenvalue weighted by Gasteiger charge is 2.28. The van der Waals surface area contributed by atoms with Gasteiger partial charge in [-0.2, -0.15) is 0 Å². The fourth-order valence-electron chi connectivity index (χ4n) is 2.82. The molecule has 5 nitrogen and oxygen atoms in total. The summed E-state index contributed by atoms with van der Waals surface area (Å²) in [6, 6.07) is 7.14. The monoisotopic (exact) mass is 313 g/mol. The Labute approximate surface area is 131 Å². The van der Waals surface area contributed by atoms with Crippen molar-refractivity contribution in [2.24, 2.45) is 0 Å². The van der Waals surface area contributed by atoms with Crippen molar-refractivity contribution in [3.8, 4) is 11.4 Å². The zero-order valence-corrected chi connectivity index (χ0v) is 12.5. The predicted octanol–water partition coefficient (Wildman–Crippen LogP) is 2.76. The number of benzene rings is 1. The smallest absolute Gasteiger partial charge is 0.263 e. The Morgan fingerprint density at radius 2 is 2.14 bits per heavy atom. The maximum atomic E-state index is 12.9. The van der Waals surface area contributed by atoms with Crippen molar-refractivity contribution in [2.75, 3.05) is 0 Å². The number of fused-ring (bicyclic) bond motifs is 3. The van der Waals surface area contributed by atoms with Crippen LogP contribution in [-0.2, 0) is 6.42 Å². The number of aromatic nitrogens is 3. The number of nitrogens with zero attached hydrogens (tertiary/aromatic N) is 3. The molecule has 1 aliphatic rings. The molecule has 0 spiro atoms. The van der Waals surface area contributed by atoms with Crippen molar-refractivity contribution in [3.05, 3.63) is 57.6 Å². The van der Waals surface area contributed by atoms with Gasteiger partial charge < -0.3 is 4.74 Å². The quantitative estimate of drug-likeness (QED) is 0.693. The average molecular weight is 314 g/mol. The number of rotatable bonds is 1. The van der Waals surface area contributed by atoms with Crippen LogP contribution in [0.1, 0.15) is 12.5 Å². The van der Waals surface area contributed by atoms with Crippen molar-refractivity contribution >= 4 is 22.8 Å². The summed E-state index contributed by atoms with van der Waals surface area (Å²) in [5, 5.41) is 0.562. The van der Waals surface area contributed by atoms with E-state index in [9.17, 15) is 4.79 Å². The lowest BCUT2D eigenvalue weighted by Gasteiger charge is -2.12. The SMILES string of the molecule is CC1Cc2c(c3nccnc3n(-c3cccc(Cl)c3)c2=O)O1. The van der Waals surface area contributed by atoms with Gasteiger partial charge in [0, 0.05) is 23.8 Å². The summed E-state index contributed by atoms with van der Waals surface area (Å²) in [4.78, 5) is 21.6. The van der Waals surface area contributed by atoms with E-state index in [1.165, 1.54) is 0 Å². The number of pyridine rings is 1. The van der Waals surface area contributed by atoms with E-state index < -0.39 is 0 Å². The van der Waals surface area contributed by atoms with Crippen molar-refractivity contribution in [1.29, 1.82) is 0 Å². The number of ether oxygens (including phenoxy) is 1. The molecule has 1 aliphatic heterocycles. The van der Waals surface area contributed by atoms with Gasteiger partial charge in [-0.05, 0) is 25.1 Å². The molecule has 1 aromatic carbocycles. The third kappa shape index (κ3) is 1.89. The molecule has 0 saturated heterocycles. The number of halogens is 1. The van der Waals surface area contributed by atoms with Crippen LogP contribution in [0.15, 0.2) is 41.5 Å². The van der Waals surface area contributed by atoms with Gasteiger partial charge in [0.15, 0.2) is 11.4 Å². The van der Waals surface area contributed by atoms with Gasteiger partial charge in [-0.1, -0.05) is 17.7 Å². The van der Waals surface area contributed by atoms with Crippen LogP contribution >= 0.6 is 11.6 Å². The van der Waals surface area contributed by atoms with Gasteiger partial charge in [-0.15, -0.1) is 0 Å². The van der Waals surface area contributed by atoms with Gasteiger partial charge in [0.05, 0.1) is 11.3 Å². The molecule has 1 atom stereocenters. The summed E-state index contributed by atoms with van der Waals surface area (Å²) in [5.74, 6) is 0.555. The first-order chi connectivity index (χ1) is 10.6. The Morgan fingerprint density at radius 1 is 1.32 bits per heavy atom. The average Bonchev–Trinajstić information content (AvgIpc) is 2.90. The molecule has 3 aromatic rings. The Morgan fingerprint density at radius 3 is 2.95 bits per heavy atom. The van der Waals surface area contributed by atoms with E-state index in [1.54, 1.807) is 35.2 Å². The topological polar surface area (TPSA) is 57.0 Å². The van der Waals surface area contributed by atoms with Crippen LogP contribution in [0.25, 0.3) is 16.9 Å². The minimum atomic E-state index is -0.130. The third-order valence-corrected chi connectivity index (χ3v) is 3.95. The minimum Gasteiger partial charge on any atom is -0.487 e. The van der Waals surface area contributed by atoms with E-state index >= 15 is 0 Å². The van der Waals surface area contributed by atoms with E-state index in [-0.39, 0.29) is 11.7 Å². The second kappa shape index (κ2) is 4.81. The Balaban J connectivity index is 2.14. The maximum Gasteiger partial charge on any atom is 0.263 e. The fourth-order valence-corrected chi connectivity index (χ4v) is 3.00.